The first-order valence-corrected chi connectivity index (χ1v) is 7.92. The number of rotatable bonds is 7. The molecule has 0 aliphatic rings. The minimum atomic E-state index is -0.165. The van der Waals surface area contributed by atoms with E-state index >= 15 is 0 Å². The summed E-state index contributed by atoms with van der Waals surface area (Å²) in [5, 5.41) is 15.7. The van der Waals surface area contributed by atoms with Crippen molar-refractivity contribution in [1.82, 2.24) is 10.6 Å². The average molecular weight is 333 g/mol. The number of hydrogen-bond donors (Lipinski definition) is 3. The number of nitrogens with one attached hydrogen (secondary N) is 2. The van der Waals surface area contributed by atoms with E-state index in [-0.39, 0.29) is 18.6 Å². The first-order valence-electron chi connectivity index (χ1n) is 7.54. The van der Waals surface area contributed by atoms with Crippen molar-refractivity contribution in [2.45, 2.75) is 13.0 Å². The van der Waals surface area contributed by atoms with Crippen LogP contribution in [0.15, 0.2) is 48.5 Å². The summed E-state index contributed by atoms with van der Waals surface area (Å²) in [5.74, 6) is -0.165. The highest BCUT2D eigenvalue weighted by atomic mass is 35.5. The van der Waals surface area contributed by atoms with Gasteiger partial charge in [-0.3, -0.25) is 4.79 Å². The summed E-state index contributed by atoms with van der Waals surface area (Å²) in [7, 11) is 0. The van der Waals surface area contributed by atoms with E-state index in [4.69, 9.17) is 16.7 Å². The third kappa shape index (κ3) is 5.36. The molecule has 0 aliphatic carbocycles. The lowest BCUT2D eigenvalue weighted by Crippen LogP contribution is -2.36. The zero-order valence-corrected chi connectivity index (χ0v) is 13.8. The molecule has 2 aromatic carbocycles. The molecular weight excluding hydrogens is 312 g/mol. The molecule has 0 aromatic heterocycles. The van der Waals surface area contributed by atoms with Gasteiger partial charge in [-0.1, -0.05) is 41.9 Å². The smallest absolute Gasteiger partial charge is 0.251 e. The Morgan fingerprint density at radius 1 is 1.22 bits per heavy atom. The van der Waals surface area contributed by atoms with Gasteiger partial charge in [-0.05, 0) is 36.2 Å². The predicted octanol–water partition coefficient (Wildman–Crippen LogP) is 2.70. The fourth-order valence-corrected chi connectivity index (χ4v) is 2.69. The summed E-state index contributed by atoms with van der Waals surface area (Å²) in [6, 6.07) is 15.0. The molecule has 1 atom stereocenters. The van der Waals surface area contributed by atoms with Gasteiger partial charge in [0.2, 0.25) is 0 Å². The van der Waals surface area contributed by atoms with Crippen LogP contribution in [0, 0.1) is 6.92 Å². The lowest BCUT2D eigenvalue weighted by atomic mass is 10.1. The van der Waals surface area contributed by atoms with Gasteiger partial charge in [0, 0.05) is 29.7 Å². The second-order valence-corrected chi connectivity index (χ2v) is 5.80. The Morgan fingerprint density at radius 2 is 1.96 bits per heavy atom. The van der Waals surface area contributed by atoms with Crippen molar-refractivity contribution in [2.75, 3.05) is 19.7 Å². The number of carbonyl (C=O) groups excluding carboxylic acids is 1. The first kappa shape index (κ1) is 17.5. The quantitative estimate of drug-likeness (QED) is 0.730. The summed E-state index contributed by atoms with van der Waals surface area (Å²) in [6.07, 6.45) is 0. The van der Waals surface area contributed by atoms with Crippen LogP contribution in [-0.2, 0) is 0 Å². The third-order valence-corrected chi connectivity index (χ3v) is 3.69. The van der Waals surface area contributed by atoms with E-state index in [1.165, 1.54) is 0 Å². The molecule has 2 aromatic rings. The molecule has 122 valence electrons. The second-order valence-electron chi connectivity index (χ2n) is 5.37. The van der Waals surface area contributed by atoms with Crippen molar-refractivity contribution >= 4 is 17.5 Å². The van der Waals surface area contributed by atoms with Gasteiger partial charge in [-0.15, -0.1) is 0 Å². The van der Waals surface area contributed by atoms with E-state index in [9.17, 15) is 4.79 Å². The second kappa shape index (κ2) is 8.67. The van der Waals surface area contributed by atoms with Crippen molar-refractivity contribution in [3.8, 4) is 0 Å². The largest absolute Gasteiger partial charge is 0.395 e. The predicted molar refractivity (Wildman–Crippen MR) is 92.8 cm³/mol. The number of amides is 1. The molecule has 0 aliphatic heterocycles. The van der Waals surface area contributed by atoms with Crippen LogP contribution in [0.2, 0.25) is 5.02 Å². The Balaban J connectivity index is 2.04. The van der Waals surface area contributed by atoms with Gasteiger partial charge in [0.1, 0.15) is 0 Å². The highest BCUT2D eigenvalue weighted by molar-refractivity contribution is 6.31. The molecule has 1 unspecified atom stereocenters. The highest BCUT2D eigenvalue weighted by Crippen LogP contribution is 2.15. The molecule has 0 spiro atoms. The maximum Gasteiger partial charge on any atom is 0.251 e. The van der Waals surface area contributed by atoms with Crippen molar-refractivity contribution in [3.63, 3.8) is 0 Å². The fraction of sp³-hybridized carbons (Fsp3) is 0.278. The first-order chi connectivity index (χ1) is 11.1. The molecule has 4 nitrogen and oxygen atoms in total. The summed E-state index contributed by atoms with van der Waals surface area (Å²) >= 11 is 6.00. The molecule has 0 bridgehead atoms. The number of hydrogen-bond acceptors (Lipinski definition) is 3. The van der Waals surface area contributed by atoms with E-state index in [1.807, 2.05) is 43.3 Å². The molecule has 0 saturated heterocycles. The molecule has 2 rings (SSSR count). The van der Waals surface area contributed by atoms with E-state index in [1.54, 1.807) is 12.1 Å². The van der Waals surface area contributed by atoms with Crippen LogP contribution >= 0.6 is 11.6 Å². The molecule has 0 saturated carbocycles. The fourth-order valence-electron chi connectivity index (χ4n) is 2.40. The van der Waals surface area contributed by atoms with Crippen molar-refractivity contribution in [3.05, 3.63) is 70.2 Å². The van der Waals surface area contributed by atoms with Gasteiger partial charge in [-0.2, -0.15) is 0 Å². The number of carbonyl (C=O) groups is 1. The van der Waals surface area contributed by atoms with Crippen LogP contribution in [-0.4, -0.2) is 30.7 Å². The minimum Gasteiger partial charge on any atom is -0.395 e. The molecule has 0 heterocycles. The van der Waals surface area contributed by atoms with Gasteiger partial charge in [0.15, 0.2) is 0 Å². The Bertz CT molecular complexity index is 626. The van der Waals surface area contributed by atoms with Gasteiger partial charge < -0.3 is 15.7 Å². The third-order valence-electron chi connectivity index (χ3n) is 3.48. The average Bonchev–Trinajstić information content (AvgIpc) is 2.54. The number of aryl methyl sites for hydroxylation is 1. The van der Waals surface area contributed by atoms with E-state index < -0.39 is 0 Å². The SMILES string of the molecule is Cc1cc(Cl)cc(C(=O)NCC(NCCO)c2ccccc2)c1. The van der Waals surface area contributed by atoms with Crippen molar-refractivity contribution in [1.29, 1.82) is 0 Å². The Morgan fingerprint density at radius 3 is 2.61 bits per heavy atom. The number of aliphatic hydroxyl groups is 1. The zero-order chi connectivity index (χ0) is 16.7. The molecule has 5 heteroatoms. The number of aliphatic hydroxyl groups excluding tert-OH is 1. The van der Waals surface area contributed by atoms with E-state index in [0.717, 1.165) is 11.1 Å². The molecule has 0 radical (unpaired) electrons. The Kier molecular flexibility index (Phi) is 6.59. The van der Waals surface area contributed by atoms with Gasteiger partial charge in [0.05, 0.1) is 6.61 Å². The monoisotopic (exact) mass is 332 g/mol. The molecule has 3 N–H and O–H groups in total. The van der Waals surface area contributed by atoms with Gasteiger partial charge in [-0.25, -0.2) is 0 Å². The van der Waals surface area contributed by atoms with Crippen molar-refractivity contribution < 1.29 is 9.90 Å². The summed E-state index contributed by atoms with van der Waals surface area (Å²) < 4.78 is 0. The standard InChI is InChI=1S/C18H21ClN2O2/c1-13-9-15(11-16(19)10-13)18(23)21-12-17(20-7-8-22)14-5-3-2-4-6-14/h2-6,9-11,17,20,22H,7-8,12H2,1H3,(H,21,23). The van der Waals surface area contributed by atoms with Crippen LogP contribution in [0.4, 0.5) is 0 Å². The molecule has 1 amide bonds. The minimum absolute atomic E-state index is 0.0464. The molecule has 0 fully saturated rings. The van der Waals surface area contributed by atoms with Crippen molar-refractivity contribution in [2.24, 2.45) is 0 Å². The Hall–Kier alpha value is -1.88. The normalized spacial score (nSPS) is 12.0. The number of benzene rings is 2. The summed E-state index contributed by atoms with van der Waals surface area (Å²) in [6.45, 7) is 2.84. The van der Waals surface area contributed by atoms with Crippen LogP contribution in [0.3, 0.4) is 0 Å². The highest BCUT2D eigenvalue weighted by Gasteiger charge is 2.13. The lowest BCUT2D eigenvalue weighted by molar-refractivity contribution is 0.0949. The maximum atomic E-state index is 12.3. The van der Waals surface area contributed by atoms with E-state index in [0.29, 0.717) is 23.7 Å². The zero-order valence-electron chi connectivity index (χ0n) is 13.1. The lowest BCUT2D eigenvalue weighted by Gasteiger charge is -2.19. The van der Waals surface area contributed by atoms with Gasteiger partial charge in [0.25, 0.3) is 5.91 Å². The molecule has 23 heavy (non-hydrogen) atoms. The summed E-state index contributed by atoms with van der Waals surface area (Å²) in [4.78, 5) is 12.3. The number of halogens is 1. The van der Waals surface area contributed by atoms with Crippen LogP contribution in [0.25, 0.3) is 0 Å². The Labute approximate surface area is 141 Å². The summed E-state index contributed by atoms with van der Waals surface area (Å²) in [5.41, 5.74) is 2.55. The van der Waals surface area contributed by atoms with Gasteiger partial charge >= 0.3 is 0 Å². The van der Waals surface area contributed by atoms with E-state index in [2.05, 4.69) is 10.6 Å². The van der Waals surface area contributed by atoms with Crippen LogP contribution < -0.4 is 10.6 Å². The topological polar surface area (TPSA) is 61.4 Å². The van der Waals surface area contributed by atoms with Crippen LogP contribution in [0.1, 0.15) is 27.5 Å². The maximum absolute atomic E-state index is 12.3. The van der Waals surface area contributed by atoms with Crippen LogP contribution in [0.5, 0.6) is 0 Å². The molecular formula is C18H21ClN2O2.